The van der Waals surface area contributed by atoms with Gasteiger partial charge in [-0.05, 0) is 57.9 Å². The molecule has 2 amide bonds. The van der Waals surface area contributed by atoms with Crippen LogP contribution in [0.1, 0.15) is 74.0 Å². The fourth-order valence-corrected chi connectivity index (χ4v) is 5.68. The zero-order valence-corrected chi connectivity index (χ0v) is 19.7. The largest absolute Gasteiger partial charge is 0.381 e. The van der Waals surface area contributed by atoms with Crippen LogP contribution < -0.4 is 0 Å². The van der Waals surface area contributed by atoms with Crippen LogP contribution in [0.2, 0.25) is 0 Å². The van der Waals surface area contributed by atoms with E-state index >= 15 is 0 Å². The number of aliphatic imine (C=N–C) groups is 1. The highest BCUT2D eigenvalue weighted by atomic mass is 16.5. The Kier molecular flexibility index (Phi) is 5.73. The predicted octanol–water partition coefficient (Wildman–Crippen LogP) is 3.35. The summed E-state index contributed by atoms with van der Waals surface area (Å²) in [4.78, 5) is 32.6. The van der Waals surface area contributed by atoms with Gasteiger partial charge in [-0.15, -0.1) is 0 Å². The lowest BCUT2D eigenvalue weighted by molar-refractivity contribution is -0.137. The first-order valence-electron chi connectivity index (χ1n) is 12.7. The van der Waals surface area contributed by atoms with Crippen molar-refractivity contribution in [3.8, 4) is 0 Å². The maximum Gasteiger partial charge on any atom is 0.281 e. The van der Waals surface area contributed by atoms with Gasteiger partial charge in [-0.3, -0.25) is 14.3 Å². The van der Waals surface area contributed by atoms with Crippen LogP contribution in [-0.4, -0.2) is 70.7 Å². The summed E-state index contributed by atoms with van der Waals surface area (Å²) in [7, 11) is 0. The molecule has 5 aliphatic rings. The molecule has 180 valence electrons. The number of rotatable bonds is 4. The van der Waals surface area contributed by atoms with Gasteiger partial charge in [-0.1, -0.05) is 11.6 Å². The molecule has 1 atom stereocenters. The molecule has 1 unspecified atom stereocenters. The molecule has 3 aliphatic heterocycles. The molecule has 0 bridgehead atoms. The lowest BCUT2D eigenvalue weighted by atomic mass is 9.84. The molecule has 2 saturated heterocycles. The van der Waals surface area contributed by atoms with Crippen molar-refractivity contribution in [1.82, 2.24) is 14.7 Å². The Hall–Kier alpha value is -2.58. The van der Waals surface area contributed by atoms with E-state index < -0.39 is 0 Å². The minimum atomic E-state index is -0.350. The third-order valence-corrected chi connectivity index (χ3v) is 7.96. The van der Waals surface area contributed by atoms with Crippen LogP contribution >= 0.6 is 0 Å². The molecule has 6 rings (SSSR count). The quantitative estimate of drug-likeness (QED) is 0.682. The zero-order chi connectivity index (χ0) is 23.2. The minimum absolute atomic E-state index is 0.123. The Labute approximate surface area is 199 Å². The molecule has 8 heteroatoms. The summed E-state index contributed by atoms with van der Waals surface area (Å²) in [5, 5.41) is 4.58. The van der Waals surface area contributed by atoms with Gasteiger partial charge >= 0.3 is 0 Å². The number of aromatic nitrogens is 2. The molecule has 4 heterocycles. The van der Waals surface area contributed by atoms with Crippen molar-refractivity contribution in [2.45, 2.75) is 70.1 Å². The summed E-state index contributed by atoms with van der Waals surface area (Å²) in [5.41, 5.74) is 3.74. The number of ether oxygens (including phenoxy) is 2. The zero-order valence-electron chi connectivity index (χ0n) is 19.7. The molecule has 0 aromatic carbocycles. The number of carbonyl (C=O) groups is 2. The number of hydrogen-bond donors (Lipinski definition) is 0. The molecule has 0 spiro atoms. The van der Waals surface area contributed by atoms with E-state index in [1.54, 1.807) is 6.20 Å². The van der Waals surface area contributed by atoms with Crippen LogP contribution in [0.15, 0.2) is 28.9 Å². The van der Waals surface area contributed by atoms with Crippen molar-refractivity contribution in [2.24, 2.45) is 10.9 Å². The smallest absolute Gasteiger partial charge is 0.281 e. The second kappa shape index (κ2) is 8.89. The summed E-state index contributed by atoms with van der Waals surface area (Å²) >= 11 is 0. The lowest BCUT2D eigenvalue weighted by Crippen LogP contribution is -2.45. The van der Waals surface area contributed by atoms with Crippen LogP contribution in [0.5, 0.6) is 0 Å². The second-order valence-corrected chi connectivity index (χ2v) is 10.2. The molecule has 1 saturated carbocycles. The number of carbonyl (C=O) groups excluding carboxylic acids is 2. The van der Waals surface area contributed by atoms with Gasteiger partial charge in [-0.25, -0.2) is 4.99 Å². The highest BCUT2D eigenvalue weighted by Crippen LogP contribution is 2.37. The average molecular weight is 465 g/mol. The Bertz CT molecular complexity index is 1080. The number of likely N-dealkylation sites (tertiary alicyclic amines) is 1. The molecule has 2 aliphatic carbocycles. The summed E-state index contributed by atoms with van der Waals surface area (Å²) in [6.07, 6.45) is 13.4. The molecular formula is C26H32N4O4. The van der Waals surface area contributed by atoms with E-state index in [9.17, 15) is 9.59 Å². The fourth-order valence-electron chi connectivity index (χ4n) is 5.68. The first-order chi connectivity index (χ1) is 16.6. The van der Waals surface area contributed by atoms with Gasteiger partial charge < -0.3 is 14.4 Å². The SMILES string of the molecule is CC1=CC2=NC(=O)c3cnn(C4CCOCC4)c3C2=CC1C(=O)N1CCC(OC2CCC2)CC1. The number of piperidine rings is 1. The van der Waals surface area contributed by atoms with E-state index in [4.69, 9.17) is 9.47 Å². The number of nitrogens with zero attached hydrogens (tertiary/aromatic N) is 4. The van der Waals surface area contributed by atoms with Gasteiger partial charge in [0.2, 0.25) is 5.91 Å². The van der Waals surface area contributed by atoms with E-state index in [-0.39, 0.29) is 29.9 Å². The highest BCUT2D eigenvalue weighted by molar-refractivity contribution is 6.36. The van der Waals surface area contributed by atoms with E-state index in [0.717, 1.165) is 55.6 Å². The van der Waals surface area contributed by atoms with E-state index in [2.05, 4.69) is 10.1 Å². The Morgan fingerprint density at radius 3 is 2.53 bits per heavy atom. The standard InChI is InChI=1S/C26H32N4O4/c1-16-13-23-21(24-22(25(31)28-23)15-27-30(24)17-7-11-33-12-8-17)14-20(16)26(32)29-9-5-19(6-10-29)34-18-3-2-4-18/h13-15,17-20H,2-12H2,1H3. The molecular weight excluding hydrogens is 432 g/mol. The van der Waals surface area contributed by atoms with Crippen molar-refractivity contribution < 1.29 is 19.1 Å². The maximum atomic E-state index is 13.6. The molecule has 0 N–H and O–H groups in total. The van der Waals surface area contributed by atoms with Crippen LogP contribution in [-0.2, 0) is 14.3 Å². The van der Waals surface area contributed by atoms with Crippen molar-refractivity contribution in [3.63, 3.8) is 0 Å². The van der Waals surface area contributed by atoms with E-state index in [1.807, 2.05) is 28.7 Å². The number of allylic oxidation sites excluding steroid dienone is 2. The molecule has 1 aromatic rings. The van der Waals surface area contributed by atoms with Gasteiger partial charge in [0.1, 0.15) is 0 Å². The monoisotopic (exact) mass is 464 g/mol. The Morgan fingerprint density at radius 2 is 1.82 bits per heavy atom. The average Bonchev–Trinajstić information content (AvgIpc) is 3.28. The maximum absolute atomic E-state index is 13.6. The van der Waals surface area contributed by atoms with Crippen molar-refractivity contribution >= 4 is 23.1 Å². The van der Waals surface area contributed by atoms with Gasteiger partial charge in [0.15, 0.2) is 0 Å². The van der Waals surface area contributed by atoms with Crippen molar-refractivity contribution in [3.05, 3.63) is 35.2 Å². The fraction of sp³-hybridized carbons (Fsp3) is 0.615. The highest BCUT2D eigenvalue weighted by Gasteiger charge is 2.37. The summed E-state index contributed by atoms with van der Waals surface area (Å²) in [5.74, 6) is -0.488. The molecule has 1 aromatic heterocycles. The number of hydrogen-bond acceptors (Lipinski definition) is 5. The van der Waals surface area contributed by atoms with E-state index in [0.29, 0.717) is 30.6 Å². The molecule has 0 radical (unpaired) electrons. The first kappa shape index (κ1) is 21.9. The van der Waals surface area contributed by atoms with Gasteiger partial charge in [0.05, 0.1) is 47.3 Å². The number of fused-ring (bicyclic) bond motifs is 3. The Morgan fingerprint density at radius 1 is 1.09 bits per heavy atom. The minimum Gasteiger partial charge on any atom is -0.381 e. The topological polar surface area (TPSA) is 86.0 Å². The normalized spacial score (nSPS) is 26.3. The van der Waals surface area contributed by atoms with Crippen LogP contribution in [0.4, 0.5) is 0 Å². The van der Waals surface area contributed by atoms with Gasteiger partial charge in [0.25, 0.3) is 5.91 Å². The summed E-state index contributed by atoms with van der Waals surface area (Å²) < 4.78 is 13.7. The molecule has 34 heavy (non-hydrogen) atoms. The summed E-state index contributed by atoms with van der Waals surface area (Å²) in [6, 6.07) is 0.182. The van der Waals surface area contributed by atoms with E-state index in [1.165, 1.54) is 19.3 Å². The van der Waals surface area contributed by atoms with Crippen molar-refractivity contribution in [1.29, 1.82) is 0 Å². The third-order valence-electron chi connectivity index (χ3n) is 7.96. The lowest BCUT2D eigenvalue weighted by Gasteiger charge is -2.37. The predicted molar refractivity (Wildman–Crippen MR) is 127 cm³/mol. The Balaban J connectivity index is 1.24. The van der Waals surface area contributed by atoms with Gasteiger partial charge in [0, 0.05) is 31.9 Å². The van der Waals surface area contributed by atoms with Gasteiger partial charge in [-0.2, -0.15) is 5.10 Å². The summed E-state index contributed by atoms with van der Waals surface area (Å²) in [6.45, 7) is 4.80. The third kappa shape index (κ3) is 3.86. The van der Waals surface area contributed by atoms with Crippen LogP contribution in [0.25, 0.3) is 5.57 Å². The first-order valence-corrected chi connectivity index (χ1v) is 12.7. The molecule has 3 fully saturated rings. The van der Waals surface area contributed by atoms with Crippen LogP contribution in [0, 0.1) is 5.92 Å². The number of amides is 2. The van der Waals surface area contributed by atoms with Crippen molar-refractivity contribution in [2.75, 3.05) is 26.3 Å². The van der Waals surface area contributed by atoms with Crippen LogP contribution in [0.3, 0.4) is 0 Å². The molecule has 8 nitrogen and oxygen atoms in total. The second-order valence-electron chi connectivity index (χ2n) is 10.2.